The molecule has 1 aromatic heterocycles. The molecule has 0 N–H and O–H groups in total. The van der Waals surface area contributed by atoms with Crippen LogP contribution in [0.1, 0.15) is 0 Å². The van der Waals surface area contributed by atoms with E-state index in [0.717, 1.165) is 38.9 Å². The Hall–Kier alpha value is -8.01. The summed E-state index contributed by atoms with van der Waals surface area (Å²) in [6.45, 7) is 0. The van der Waals surface area contributed by atoms with Gasteiger partial charge in [-0.2, -0.15) is 0 Å². The molecule has 3 heteroatoms. The molecule has 0 aliphatic rings. The summed E-state index contributed by atoms with van der Waals surface area (Å²) in [6.07, 6.45) is 0. The van der Waals surface area contributed by atoms with Crippen LogP contribution in [-0.2, 0) is 0 Å². The Morgan fingerprint density at radius 1 is 0.167 bits per heavy atom. The van der Waals surface area contributed by atoms with E-state index in [1.807, 2.05) is 6.07 Å². The van der Waals surface area contributed by atoms with Gasteiger partial charge in [-0.25, -0.2) is 15.0 Å². The van der Waals surface area contributed by atoms with Gasteiger partial charge in [-0.15, -0.1) is 0 Å². The molecule has 0 amide bonds. The van der Waals surface area contributed by atoms with Crippen molar-refractivity contribution in [3.8, 4) is 78.7 Å². The van der Waals surface area contributed by atoms with Gasteiger partial charge in [0.05, 0.1) is 0 Å². The molecule has 0 bridgehead atoms. The van der Waals surface area contributed by atoms with E-state index in [0.29, 0.717) is 17.5 Å². The van der Waals surface area contributed by atoms with Gasteiger partial charge in [-0.05, 0) is 107 Å². The van der Waals surface area contributed by atoms with E-state index in [1.165, 1.54) is 54.6 Å². The van der Waals surface area contributed by atoms with E-state index < -0.39 is 0 Å². The van der Waals surface area contributed by atoms with Crippen molar-refractivity contribution in [3.63, 3.8) is 0 Å². The average Bonchev–Trinajstić information content (AvgIpc) is 3.33. The number of fused-ring (bicyclic) bond motifs is 3. The van der Waals surface area contributed by atoms with Crippen LogP contribution in [-0.4, -0.2) is 15.0 Å². The first-order valence-corrected chi connectivity index (χ1v) is 20.3. The maximum absolute atomic E-state index is 5.13. The number of nitrogens with zero attached hydrogens (tertiary/aromatic N) is 3. The van der Waals surface area contributed by atoms with Crippen LogP contribution in [0.15, 0.2) is 224 Å². The zero-order valence-corrected chi connectivity index (χ0v) is 32.7. The van der Waals surface area contributed by atoms with Crippen molar-refractivity contribution >= 4 is 32.3 Å². The third kappa shape index (κ3) is 6.89. The monoisotopic (exact) mass is 763 g/mol. The van der Waals surface area contributed by atoms with Gasteiger partial charge in [-0.3, -0.25) is 0 Å². The summed E-state index contributed by atoms with van der Waals surface area (Å²) in [5, 5.41) is 7.36. The number of hydrogen-bond donors (Lipinski definition) is 0. The number of hydrogen-bond acceptors (Lipinski definition) is 3. The van der Waals surface area contributed by atoms with E-state index in [2.05, 4.69) is 218 Å². The average molecular weight is 764 g/mol. The van der Waals surface area contributed by atoms with Crippen LogP contribution >= 0.6 is 0 Å². The molecule has 0 fully saturated rings. The highest BCUT2D eigenvalue weighted by Crippen LogP contribution is 2.34. The molecule has 3 nitrogen and oxygen atoms in total. The van der Waals surface area contributed by atoms with Crippen LogP contribution < -0.4 is 0 Å². The van der Waals surface area contributed by atoms with Crippen LogP contribution in [0.2, 0.25) is 0 Å². The summed E-state index contributed by atoms with van der Waals surface area (Å²) in [7, 11) is 0. The fourth-order valence-corrected chi connectivity index (χ4v) is 8.20. The smallest absolute Gasteiger partial charge is 0.164 e. The molecule has 0 atom stereocenters. The van der Waals surface area contributed by atoms with Crippen LogP contribution in [0.4, 0.5) is 0 Å². The molecule has 60 heavy (non-hydrogen) atoms. The van der Waals surface area contributed by atoms with Crippen molar-refractivity contribution in [2.45, 2.75) is 0 Å². The van der Waals surface area contributed by atoms with Gasteiger partial charge in [-0.1, -0.05) is 194 Å². The first-order valence-electron chi connectivity index (χ1n) is 20.3. The number of benzene rings is 10. The Balaban J connectivity index is 0.950. The van der Waals surface area contributed by atoms with E-state index in [1.54, 1.807) is 0 Å². The first kappa shape index (κ1) is 35.2. The van der Waals surface area contributed by atoms with E-state index in [-0.39, 0.29) is 0 Å². The third-order valence-corrected chi connectivity index (χ3v) is 11.5. The molecule has 11 rings (SSSR count). The third-order valence-electron chi connectivity index (χ3n) is 11.5. The molecule has 280 valence electrons. The number of aromatic nitrogens is 3. The Labute approximate surface area is 349 Å². The minimum absolute atomic E-state index is 0.628. The minimum Gasteiger partial charge on any atom is -0.208 e. The van der Waals surface area contributed by atoms with Gasteiger partial charge >= 0.3 is 0 Å². The van der Waals surface area contributed by atoms with Crippen LogP contribution in [0.3, 0.4) is 0 Å². The van der Waals surface area contributed by atoms with Crippen molar-refractivity contribution in [3.05, 3.63) is 224 Å². The predicted molar refractivity (Wildman–Crippen MR) is 250 cm³/mol. The van der Waals surface area contributed by atoms with Crippen LogP contribution in [0.25, 0.3) is 111 Å². The largest absolute Gasteiger partial charge is 0.208 e. The summed E-state index contributed by atoms with van der Waals surface area (Å²) >= 11 is 0. The Morgan fingerprint density at radius 2 is 0.450 bits per heavy atom. The van der Waals surface area contributed by atoms with Crippen LogP contribution in [0, 0.1) is 0 Å². The zero-order valence-electron chi connectivity index (χ0n) is 32.7. The molecule has 0 spiro atoms. The highest BCUT2D eigenvalue weighted by Gasteiger charge is 2.14. The normalized spacial score (nSPS) is 11.3. The standard InChI is InChI=1S/C57H37N3/c1-2-9-38(10-3-1)41-17-23-43(24-18-41)55-58-56(44-25-19-42(20-26-44)48-27-21-39-11-4-6-13-45(39)33-48)60-57(59-55)54-16-8-15-47(37-54)49-29-30-53-36-52(32-31-51(53)35-49)50-28-22-40-12-5-7-14-46(40)34-50/h1-37H. The first-order chi connectivity index (χ1) is 29.7. The minimum atomic E-state index is 0.628. The Morgan fingerprint density at radius 3 is 0.950 bits per heavy atom. The van der Waals surface area contributed by atoms with Crippen LogP contribution in [0.5, 0.6) is 0 Å². The summed E-state index contributed by atoms with van der Waals surface area (Å²) < 4.78 is 0. The molecular formula is C57H37N3. The van der Waals surface area contributed by atoms with Crippen molar-refractivity contribution in [2.75, 3.05) is 0 Å². The second-order valence-electron chi connectivity index (χ2n) is 15.3. The van der Waals surface area contributed by atoms with Gasteiger partial charge in [0.15, 0.2) is 17.5 Å². The van der Waals surface area contributed by atoms with Crippen molar-refractivity contribution < 1.29 is 0 Å². The van der Waals surface area contributed by atoms with Gasteiger partial charge in [0.25, 0.3) is 0 Å². The highest BCUT2D eigenvalue weighted by molar-refractivity contribution is 5.93. The SMILES string of the molecule is c1ccc(-c2ccc(-c3nc(-c4ccc(-c5ccc6ccccc6c5)cc4)nc(-c4cccc(-c5ccc6cc(-c7ccc8ccccc8c7)ccc6c5)c4)n3)cc2)cc1. The van der Waals surface area contributed by atoms with Crippen molar-refractivity contribution in [1.82, 2.24) is 15.0 Å². The van der Waals surface area contributed by atoms with Gasteiger partial charge < -0.3 is 0 Å². The summed E-state index contributed by atoms with van der Waals surface area (Å²) in [5.74, 6) is 1.89. The lowest BCUT2D eigenvalue weighted by Crippen LogP contribution is -2.00. The second kappa shape index (κ2) is 15.1. The second-order valence-corrected chi connectivity index (χ2v) is 15.3. The molecule has 0 unspecified atom stereocenters. The lowest BCUT2D eigenvalue weighted by atomic mass is 9.96. The van der Waals surface area contributed by atoms with Gasteiger partial charge in [0, 0.05) is 16.7 Å². The Kier molecular flexibility index (Phi) is 8.83. The van der Waals surface area contributed by atoms with E-state index in [9.17, 15) is 0 Å². The molecule has 0 saturated carbocycles. The summed E-state index contributed by atoms with van der Waals surface area (Å²) in [4.78, 5) is 15.3. The molecule has 0 saturated heterocycles. The molecule has 0 aliphatic heterocycles. The summed E-state index contributed by atoms with van der Waals surface area (Å²) in [6, 6.07) is 79.7. The lowest BCUT2D eigenvalue weighted by molar-refractivity contribution is 1.07. The molecule has 11 aromatic rings. The van der Waals surface area contributed by atoms with E-state index >= 15 is 0 Å². The maximum atomic E-state index is 5.13. The number of rotatable bonds is 7. The van der Waals surface area contributed by atoms with E-state index in [4.69, 9.17) is 15.0 Å². The summed E-state index contributed by atoms with van der Waals surface area (Å²) in [5.41, 5.74) is 12.1. The van der Waals surface area contributed by atoms with Gasteiger partial charge in [0.1, 0.15) is 0 Å². The van der Waals surface area contributed by atoms with Crippen molar-refractivity contribution in [2.24, 2.45) is 0 Å². The van der Waals surface area contributed by atoms with Crippen molar-refractivity contribution in [1.29, 1.82) is 0 Å². The highest BCUT2D eigenvalue weighted by atomic mass is 15.0. The fourth-order valence-electron chi connectivity index (χ4n) is 8.20. The topological polar surface area (TPSA) is 38.7 Å². The molecule has 1 heterocycles. The van der Waals surface area contributed by atoms with Gasteiger partial charge in [0.2, 0.25) is 0 Å². The maximum Gasteiger partial charge on any atom is 0.164 e. The quantitative estimate of drug-likeness (QED) is 0.162. The predicted octanol–water partition coefficient (Wildman–Crippen LogP) is 15.0. The molecular weight excluding hydrogens is 727 g/mol. The molecule has 0 aliphatic carbocycles. The Bertz CT molecular complexity index is 3350. The fraction of sp³-hybridized carbons (Fsp3) is 0. The zero-order chi connectivity index (χ0) is 39.8. The molecule has 0 radical (unpaired) electrons. The molecule has 10 aromatic carbocycles. The lowest BCUT2D eigenvalue weighted by Gasteiger charge is -2.11.